The smallest absolute Gasteiger partial charge is 0.119 e. The van der Waals surface area contributed by atoms with Crippen LogP contribution in [0.5, 0.6) is 5.75 Å². The maximum atomic E-state index is 9.15. The predicted molar refractivity (Wildman–Crippen MR) is 76.4 cm³/mol. The molecule has 18 heavy (non-hydrogen) atoms. The lowest BCUT2D eigenvalue weighted by Crippen LogP contribution is -2.15. The fourth-order valence-electron chi connectivity index (χ4n) is 1.64. The number of benzene rings is 1. The van der Waals surface area contributed by atoms with Crippen molar-refractivity contribution in [3.05, 3.63) is 29.3 Å². The van der Waals surface area contributed by atoms with Gasteiger partial charge in [0, 0.05) is 5.75 Å². The monoisotopic (exact) mass is 270 g/mol. The van der Waals surface area contributed by atoms with Crippen molar-refractivity contribution >= 4 is 11.8 Å². The molecule has 4 heteroatoms. The average molecular weight is 270 g/mol. The van der Waals surface area contributed by atoms with Crippen LogP contribution in [0.1, 0.15) is 17.5 Å². The Morgan fingerprint density at radius 1 is 1.22 bits per heavy atom. The van der Waals surface area contributed by atoms with Gasteiger partial charge in [-0.25, -0.2) is 0 Å². The summed E-state index contributed by atoms with van der Waals surface area (Å²) in [6.45, 7) is 4.65. The molecule has 1 unspecified atom stereocenters. The van der Waals surface area contributed by atoms with Gasteiger partial charge in [-0.1, -0.05) is 6.07 Å². The predicted octanol–water partition coefficient (Wildman–Crippen LogP) is 2.16. The van der Waals surface area contributed by atoms with E-state index in [0.29, 0.717) is 12.4 Å². The molecule has 0 saturated carbocycles. The summed E-state index contributed by atoms with van der Waals surface area (Å²) in [5.41, 5.74) is 2.43. The van der Waals surface area contributed by atoms with Crippen LogP contribution in [0, 0.1) is 13.8 Å². The van der Waals surface area contributed by atoms with Gasteiger partial charge in [0.05, 0.1) is 19.3 Å². The molecule has 1 rings (SSSR count). The Kier molecular flexibility index (Phi) is 7.16. The molecule has 0 fully saturated rings. The highest BCUT2D eigenvalue weighted by Gasteiger charge is 2.01. The summed E-state index contributed by atoms with van der Waals surface area (Å²) in [5, 5.41) is 17.8. The highest BCUT2D eigenvalue weighted by Crippen LogP contribution is 2.16. The largest absolute Gasteiger partial charge is 0.494 e. The van der Waals surface area contributed by atoms with Crippen molar-refractivity contribution < 1.29 is 14.9 Å². The van der Waals surface area contributed by atoms with Gasteiger partial charge < -0.3 is 14.9 Å². The number of ether oxygens (including phenoxy) is 1. The van der Waals surface area contributed by atoms with Crippen molar-refractivity contribution in [3.63, 3.8) is 0 Å². The highest BCUT2D eigenvalue weighted by atomic mass is 32.2. The van der Waals surface area contributed by atoms with Gasteiger partial charge in [0.25, 0.3) is 0 Å². The second-order valence-corrected chi connectivity index (χ2v) is 5.59. The van der Waals surface area contributed by atoms with Gasteiger partial charge in [0.1, 0.15) is 5.75 Å². The number of aliphatic hydroxyl groups excluding tert-OH is 2. The first-order chi connectivity index (χ1) is 8.61. The van der Waals surface area contributed by atoms with E-state index in [1.165, 1.54) is 11.1 Å². The Morgan fingerprint density at radius 3 is 2.50 bits per heavy atom. The van der Waals surface area contributed by atoms with Crippen LogP contribution in [0.2, 0.25) is 0 Å². The first-order valence-electron chi connectivity index (χ1n) is 6.19. The minimum Gasteiger partial charge on any atom is -0.494 e. The molecule has 0 aliphatic rings. The van der Waals surface area contributed by atoms with Crippen molar-refractivity contribution in [2.75, 3.05) is 24.7 Å². The van der Waals surface area contributed by atoms with E-state index in [0.717, 1.165) is 17.9 Å². The van der Waals surface area contributed by atoms with Crippen LogP contribution in [-0.2, 0) is 0 Å². The molecule has 0 saturated heterocycles. The molecule has 0 amide bonds. The van der Waals surface area contributed by atoms with E-state index < -0.39 is 6.10 Å². The van der Waals surface area contributed by atoms with Crippen molar-refractivity contribution in [2.45, 2.75) is 26.4 Å². The zero-order valence-electron chi connectivity index (χ0n) is 11.1. The van der Waals surface area contributed by atoms with Crippen LogP contribution < -0.4 is 4.74 Å². The molecule has 1 atom stereocenters. The van der Waals surface area contributed by atoms with Gasteiger partial charge in [0.15, 0.2) is 0 Å². The van der Waals surface area contributed by atoms with E-state index in [-0.39, 0.29) is 6.61 Å². The Balaban J connectivity index is 2.14. The second-order valence-electron chi connectivity index (χ2n) is 4.44. The van der Waals surface area contributed by atoms with E-state index in [9.17, 15) is 0 Å². The van der Waals surface area contributed by atoms with E-state index in [4.69, 9.17) is 14.9 Å². The summed E-state index contributed by atoms with van der Waals surface area (Å²) in [5.74, 6) is 2.44. The summed E-state index contributed by atoms with van der Waals surface area (Å²) >= 11 is 1.64. The van der Waals surface area contributed by atoms with E-state index in [2.05, 4.69) is 19.9 Å². The number of hydrogen-bond donors (Lipinski definition) is 2. The van der Waals surface area contributed by atoms with Crippen molar-refractivity contribution in [2.24, 2.45) is 0 Å². The first-order valence-corrected chi connectivity index (χ1v) is 7.35. The molecule has 3 nitrogen and oxygen atoms in total. The number of rotatable bonds is 8. The van der Waals surface area contributed by atoms with Gasteiger partial charge >= 0.3 is 0 Å². The zero-order chi connectivity index (χ0) is 13.4. The Bertz CT molecular complexity index is 335. The molecule has 0 bridgehead atoms. The minimum absolute atomic E-state index is 0.161. The van der Waals surface area contributed by atoms with E-state index in [1.807, 2.05) is 12.1 Å². The van der Waals surface area contributed by atoms with Crippen molar-refractivity contribution in [1.29, 1.82) is 0 Å². The van der Waals surface area contributed by atoms with Gasteiger partial charge in [-0.05, 0) is 49.3 Å². The fourth-order valence-corrected chi connectivity index (χ4v) is 2.51. The van der Waals surface area contributed by atoms with E-state index >= 15 is 0 Å². The molecule has 0 aromatic heterocycles. The molecule has 1 aromatic rings. The van der Waals surface area contributed by atoms with Gasteiger partial charge in [-0.2, -0.15) is 11.8 Å². The molecule has 0 radical (unpaired) electrons. The minimum atomic E-state index is -0.602. The standard InChI is InChI=1S/C14H22O3S/c1-11-6-12(2)8-14(7-11)17-4-3-5-18-10-13(16)9-15/h6-8,13,15-16H,3-5,9-10H2,1-2H3. The Morgan fingerprint density at radius 2 is 1.89 bits per heavy atom. The lowest BCUT2D eigenvalue weighted by Gasteiger charge is -2.09. The third kappa shape index (κ3) is 6.28. The molecule has 0 spiro atoms. The molecular formula is C14H22O3S. The summed E-state index contributed by atoms with van der Waals surface area (Å²) in [7, 11) is 0. The molecular weight excluding hydrogens is 248 g/mol. The van der Waals surface area contributed by atoms with Crippen LogP contribution >= 0.6 is 11.8 Å². The average Bonchev–Trinajstić information content (AvgIpc) is 2.32. The topological polar surface area (TPSA) is 49.7 Å². The van der Waals surface area contributed by atoms with Crippen LogP contribution in [-0.4, -0.2) is 41.0 Å². The maximum Gasteiger partial charge on any atom is 0.119 e. The second kappa shape index (κ2) is 8.40. The maximum absolute atomic E-state index is 9.15. The van der Waals surface area contributed by atoms with Crippen molar-refractivity contribution in [1.82, 2.24) is 0 Å². The SMILES string of the molecule is Cc1cc(C)cc(OCCCSCC(O)CO)c1. The summed E-state index contributed by atoms with van der Waals surface area (Å²) in [4.78, 5) is 0. The summed E-state index contributed by atoms with van der Waals surface area (Å²) in [6.07, 6.45) is 0.339. The number of aryl methyl sites for hydroxylation is 2. The first kappa shape index (κ1) is 15.3. The Labute approximate surface area is 113 Å². The quantitative estimate of drug-likeness (QED) is 0.711. The fraction of sp³-hybridized carbons (Fsp3) is 0.571. The van der Waals surface area contributed by atoms with Crippen molar-refractivity contribution in [3.8, 4) is 5.75 Å². The molecule has 0 aliphatic carbocycles. The number of thioether (sulfide) groups is 1. The van der Waals surface area contributed by atoms with Crippen LogP contribution in [0.15, 0.2) is 18.2 Å². The third-order valence-electron chi connectivity index (χ3n) is 2.42. The summed E-state index contributed by atoms with van der Waals surface area (Å²) < 4.78 is 5.68. The normalized spacial score (nSPS) is 12.4. The van der Waals surface area contributed by atoms with Gasteiger partial charge in [0.2, 0.25) is 0 Å². The molecule has 102 valence electrons. The third-order valence-corrected chi connectivity index (χ3v) is 3.62. The van der Waals surface area contributed by atoms with Crippen LogP contribution in [0.3, 0.4) is 0 Å². The molecule has 2 N–H and O–H groups in total. The lowest BCUT2D eigenvalue weighted by atomic mass is 10.1. The molecule has 0 aliphatic heterocycles. The lowest BCUT2D eigenvalue weighted by molar-refractivity contribution is 0.113. The van der Waals surface area contributed by atoms with Crippen LogP contribution in [0.4, 0.5) is 0 Å². The zero-order valence-corrected chi connectivity index (χ0v) is 11.9. The van der Waals surface area contributed by atoms with Crippen LogP contribution in [0.25, 0.3) is 0 Å². The summed E-state index contributed by atoms with van der Waals surface area (Å²) in [6, 6.07) is 6.20. The Hall–Kier alpha value is -0.710. The van der Waals surface area contributed by atoms with Gasteiger partial charge in [-0.3, -0.25) is 0 Å². The highest BCUT2D eigenvalue weighted by molar-refractivity contribution is 7.99. The molecule has 1 aromatic carbocycles. The molecule has 0 heterocycles. The van der Waals surface area contributed by atoms with Gasteiger partial charge in [-0.15, -0.1) is 0 Å². The number of aliphatic hydroxyl groups is 2. The van der Waals surface area contributed by atoms with E-state index in [1.54, 1.807) is 11.8 Å². The number of hydrogen-bond acceptors (Lipinski definition) is 4.